The number of rotatable bonds is 16. The van der Waals surface area contributed by atoms with Crippen molar-refractivity contribution in [3.05, 3.63) is 91.0 Å². The highest BCUT2D eigenvalue weighted by molar-refractivity contribution is 7.95. The van der Waals surface area contributed by atoms with Gasteiger partial charge in [-0.05, 0) is 74.9 Å². The van der Waals surface area contributed by atoms with Crippen LogP contribution in [0.1, 0.15) is 77.0 Å². The van der Waals surface area contributed by atoms with Gasteiger partial charge in [-0.15, -0.1) is 0 Å². The fourth-order valence-electron chi connectivity index (χ4n) is 5.63. The molecule has 1 saturated heterocycles. The molecule has 0 amide bonds. The predicted octanol–water partition coefficient (Wildman–Crippen LogP) is 8.03. The molecule has 198 valence electrons. The smallest absolute Gasteiger partial charge is 0.157 e. The Bertz CT molecular complexity index is 874. The summed E-state index contributed by atoms with van der Waals surface area (Å²) in [6.45, 7) is 1.73. The number of benzene rings is 3. The van der Waals surface area contributed by atoms with E-state index in [1.807, 2.05) is 0 Å². The van der Waals surface area contributed by atoms with Crippen LogP contribution in [-0.4, -0.2) is 25.7 Å². The zero-order valence-electron chi connectivity index (χ0n) is 22.6. The molecule has 2 nitrogen and oxygen atoms in total. The van der Waals surface area contributed by atoms with E-state index in [0.717, 1.165) is 19.6 Å². The first-order valence-electron chi connectivity index (χ1n) is 14.7. The summed E-state index contributed by atoms with van der Waals surface area (Å²) in [4.78, 5) is 0. The van der Waals surface area contributed by atoms with Gasteiger partial charge in [-0.1, -0.05) is 93.1 Å². The van der Waals surface area contributed by atoms with Crippen molar-refractivity contribution in [2.24, 2.45) is 0 Å². The highest BCUT2D eigenvalue weighted by atomic mass is 31.2. The molecule has 1 unspecified atom stereocenters. The molecule has 0 saturated carbocycles. The Morgan fingerprint density at radius 3 is 1.49 bits per heavy atom. The number of hydrogen-bond acceptors (Lipinski definition) is 2. The summed E-state index contributed by atoms with van der Waals surface area (Å²) in [6.07, 6.45) is 16.7. The van der Waals surface area contributed by atoms with Gasteiger partial charge in [0, 0.05) is 13.2 Å². The largest absolute Gasteiger partial charge is 0.353 e. The molecule has 1 heterocycles. The Morgan fingerprint density at radius 1 is 0.568 bits per heavy atom. The van der Waals surface area contributed by atoms with Gasteiger partial charge in [0.25, 0.3) is 0 Å². The molecule has 1 aliphatic rings. The van der Waals surface area contributed by atoms with Gasteiger partial charge in [0.2, 0.25) is 0 Å². The SMILES string of the molecule is c1ccc([P+](CCCCCCCCCCCOC2CCCCO2)(c2ccccc2)c2ccccc2)cc1. The maximum atomic E-state index is 5.86. The number of unbranched alkanes of at least 4 members (excludes halogenated alkanes) is 8. The highest BCUT2D eigenvalue weighted by Gasteiger charge is 2.44. The Kier molecular flexibility index (Phi) is 12.2. The molecule has 1 atom stereocenters. The van der Waals surface area contributed by atoms with Crippen molar-refractivity contribution < 1.29 is 9.47 Å². The molecule has 0 aliphatic carbocycles. The summed E-state index contributed by atoms with van der Waals surface area (Å²) in [5, 5.41) is 4.52. The lowest BCUT2D eigenvalue weighted by Gasteiger charge is -2.27. The van der Waals surface area contributed by atoms with Crippen molar-refractivity contribution in [2.75, 3.05) is 19.4 Å². The van der Waals surface area contributed by atoms with Gasteiger partial charge in [-0.25, -0.2) is 0 Å². The molecule has 0 radical (unpaired) electrons. The summed E-state index contributed by atoms with van der Waals surface area (Å²) in [5.41, 5.74) is 0. The first-order valence-corrected chi connectivity index (χ1v) is 16.7. The van der Waals surface area contributed by atoms with E-state index in [-0.39, 0.29) is 6.29 Å². The van der Waals surface area contributed by atoms with Crippen LogP contribution in [0.15, 0.2) is 91.0 Å². The van der Waals surface area contributed by atoms with Gasteiger partial charge >= 0.3 is 0 Å². The van der Waals surface area contributed by atoms with E-state index in [0.29, 0.717) is 0 Å². The maximum Gasteiger partial charge on any atom is 0.157 e. The first-order chi connectivity index (χ1) is 18.4. The summed E-state index contributed by atoms with van der Waals surface area (Å²) in [6, 6.07) is 33.9. The van der Waals surface area contributed by atoms with Gasteiger partial charge in [-0.2, -0.15) is 0 Å². The Balaban J connectivity index is 1.21. The molecule has 3 aromatic rings. The van der Waals surface area contributed by atoms with Crippen LogP contribution >= 0.6 is 7.26 Å². The van der Waals surface area contributed by atoms with Crippen molar-refractivity contribution in [1.29, 1.82) is 0 Å². The second-order valence-electron chi connectivity index (χ2n) is 10.4. The molecule has 1 aliphatic heterocycles. The monoisotopic (exact) mass is 517 g/mol. The average molecular weight is 518 g/mol. The Morgan fingerprint density at radius 2 is 1.03 bits per heavy atom. The lowest BCUT2D eigenvalue weighted by atomic mass is 10.1. The van der Waals surface area contributed by atoms with Crippen molar-refractivity contribution in [3.8, 4) is 0 Å². The molecule has 3 aromatic carbocycles. The fraction of sp³-hybridized carbons (Fsp3) is 0.471. The molecular weight excluding hydrogens is 471 g/mol. The van der Waals surface area contributed by atoms with Crippen LogP contribution in [0.25, 0.3) is 0 Å². The standard InChI is InChI=1S/C34H46O2P/c1(2-4-6-18-28-35-34-27-17-19-29-36-34)3-5-7-20-30-37(31-21-11-8-12-22-31,32-23-13-9-14-24-32)33-25-15-10-16-26-33/h8-16,21-26,34H,1-7,17-20,27-30H2/q+1. The molecule has 1 fully saturated rings. The minimum Gasteiger partial charge on any atom is -0.353 e. The molecule has 4 rings (SSSR count). The molecule has 0 aromatic heterocycles. The van der Waals surface area contributed by atoms with E-state index < -0.39 is 7.26 Å². The minimum atomic E-state index is -1.66. The topological polar surface area (TPSA) is 18.5 Å². The predicted molar refractivity (Wildman–Crippen MR) is 161 cm³/mol. The van der Waals surface area contributed by atoms with E-state index in [1.165, 1.54) is 92.7 Å². The fourth-order valence-corrected chi connectivity index (χ4v) is 10.0. The molecular formula is C34H46O2P+. The molecule has 0 N–H and O–H groups in total. The van der Waals surface area contributed by atoms with Crippen LogP contribution in [0, 0.1) is 0 Å². The quantitative estimate of drug-likeness (QED) is 0.141. The van der Waals surface area contributed by atoms with E-state index in [9.17, 15) is 0 Å². The van der Waals surface area contributed by atoms with Crippen molar-refractivity contribution in [3.63, 3.8) is 0 Å². The zero-order chi connectivity index (χ0) is 25.4. The summed E-state index contributed by atoms with van der Waals surface area (Å²) in [7, 11) is -1.66. The second kappa shape index (κ2) is 16.1. The van der Waals surface area contributed by atoms with Crippen molar-refractivity contribution in [1.82, 2.24) is 0 Å². The second-order valence-corrected chi connectivity index (χ2v) is 14.0. The van der Waals surface area contributed by atoms with Gasteiger partial charge in [0.15, 0.2) is 6.29 Å². The number of ether oxygens (including phenoxy) is 2. The highest BCUT2D eigenvalue weighted by Crippen LogP contribution is 2.56. The Labute approximate surface area is 226 Å². The zero-order valence-corrected chi connectivity index (χ0v) is 23.5. The maximum absolute atomic E-state index is 5.86. The van der Waals surface area contributed by atoms with Gasteiger partial charge in [0.1, 0.15) is 23.2 Å². The summed E-state index contributed by atoms with van der Waals surface area (Å²) < 4.78 is 11.5. The summed E-state index contributed by atoms with van der Waals surface area (Å²) in [5.74, 6) is 0. The molecule has 3 heteroatoms. The third-order valence-electron chi connectivity index (χ3n) is 7.67. The van der Waals surface area contributed by atoms with Crippen molar-refractivity contribution >= 4 is 23.2 Å². The van der Waals surface area contributed by atoms with E-state index >= 15 is 0 Å². The third-order valence-corrected chi connectivity index (χ3v) is 12.2. The van der Waals surface area contributed by atoms with E-state index in [4.69, 9.17) is 9.47 Å². The van der Waals surface area contributed by atoms with E-state index in [2.05, 4.69) is 91.0 Å². The third kappa shape index (κ3) is 8.51. The van der Waals surface area contributed by atoms with Crippen LogP contribution in [0.4, 0.5) is 0 Å². The normalized spacial score (nSPS) is 16.1. The minimum absolute atomic E-state index is 0.0700. The van der Waals surface area contributed by atoms with Crippen LogP contribution in [-0.2, 0) is 9.47 Å². The van der Waals surface area contributed by atoms with Crippen LogP contribution in [0.5, 0.6) is 0 Å². The summed E-state index contributed by atoms with van der Waals surface area (Å²) >= 11 is 0. The lowest BCUT2D eigenvalue weighted by molar-refractivity contribution is -0.162. The van der Waals surface area contributed by atoms with E-state index in [1.54, 1.807) is 0 Å². The lowest BCUT2D eigenvalue weighted by Crippen LogP contribution is -2.33. The Hall–Kier alpha value is -1.99. The van der Waals surface area contributed by atoms with Gasteiger partial charge in [0.05, 0.1) is 6.16 Å². The molecule has 37 heavy (non-hydrogen) atoms. The van der Waals surface area contributed by atoms with Crippen LogP contribution < -0.4 is 15.9 Å². The van der Waals surface area contributed by atoms with Crippen LogP contribution in [0.3, 0.4) is 0 Å². The number of hydrogen-bond donors (Lipinski definition) is 0. The van der Waals surface area contributed by atoms with Crippen molar-refractivity contribution in [2.45, 2.75) is 83.3 Å². The average Bonchev–Trinajstić information content (AvgIpc) is 2.98. The molecule has 0 bridgehead atoms. The van der Waals surface area contributed by atoms with Gasteiger partial charge in [-0.3, -0.25) is 0 Å². The first kappa shape index (κ1) is 28.0. The van der Waals surface area contributed by atoms with Crippen LogP contribution in [0.2, 0.25) is 0 Å². The molecule has 0 spiro atoms. The van der Waals surface area contributed by atoms with Gasteiger partial charge < -0.3 is 9.47 Å².